The maximum Gasteiger partial charge on any atom is 0.102 e. The highest BCUT2D eigenvalue weighted by molar-refractivity contribution is 5.00. The number of hydrogen-bond donors (Lipinski definition) is 1. The number of nitrogens with one attached hydrogen (secondary N) is 1. The molecule has 2 heterocycles. The fraction of sp³-hybridized carbons (Fsp3) is 0.444. The lowest BCUT2D eigenvalue weighted by atomic mass is 10.4. The molecule has 0 aromatic carbocycles. The zero-order valence-corrected chi connectivity index (χ0v) is 8.88. The summed E-state index contributed by atoms with van der Waals surface area (Å²) in [6.45, 7) is 1.50. The average Bonchev–Trinajstić information content (AvgIpc) is 2.78. The van der Waals surface area contributed by atoms with Crippen LogP contribution in [-0.4, -0.2) is 31.6 Å². The van der Waals surface area contributed by atoms with E-state index in [0.29, 0.717) is 6.54 Å². The lowest BCUT2D eigenvalue weighted by molar-refractivity contribution is 0.709. The molecule has 0 saturated carbocycles. The van der Waals surface area contributed by atoms with E-state index in [9.17, 15) is 0 Å². The summed E-state index contributed by atoms with van der Waals surface area (Å²) in [5.74, 6) is 0. The third-order valence-electron chi connectivity index (χ3n) is 2.04. The molecule has 0 radical (unpaired) electrons. The summed E-state index contributed by atoms with van der Waals surface area (Å²) >= 11 is 0. The molecule has 15 heavy (non-hydrogen) atoms. The predicted octanol–water partition coefficient (Wildman–Crippen LogP) is -0.221. The van der Waals surface area contributed by atoms with Gasteiger partial charge in [0.05, 0.1) is 18.6 Å². The predicted molar refractivity (Wildman–Crippen MR) is 55.1 cm³/mol. The van der Waals surface area contributed by atoms with Crippen LogP contribution in [0.4, 0.5) is 0 Å². The number of hydrogen-bond acceptors (Lipinski definition) is 4. The van der Waals surface area contributed by atoms with Gasteiger partial charge < -0.3 is 9.88 Å². The number of aromatic nitrogens is 5. The second kappa shape index (κ2) is 4.22. The molecule has 2 aromatic rings. The van der Waals surface area contributed by atoms with E-state index in [-0.39, 0.29) is 0 Å². The topological polar surface area (TPSA) is 60.6 Å². The van der Waals surface area contributed by atoms with Crippen LogP contribution in [0.2, 0.25) is 0 Å². The van der Waals surface area contributed by atoms with E-state index in [0.717, 1.165) is 17.9 Å². The summed E-state index contributed by atoms with van der Waals surface area (Å²) in [6, 6.07) is 0. The van der Waals surface area contributed by atoms with Gasteiger partial charge in [-0.2, -0.15) is 0 Å². The van der Waals surface area contributed by atoms with Crippen molar-refractivity contribution < 1.29 is 0 Å². The third-order valence-corrected chi connectivity index (χ3v) is 2.04. The highest BCUT2D eigenvalue weighted by atomic mass is 15.4. The minimum Gasteiger partial charge on any atom is -0.331 e. The van der Waals surface area contributed by atoms with Crippen molar-refractivity contribution in [1.82, 2.24) is 29.9 Å². The van der Waals surface area contributed by atoms with Crippen molar-refractivity contribution in [3.8, 4) is 0 Å². The summed E-state index contributed by atoms with van der Waals surface area (Å²) in [7, 11) is 3.76. The van der Waals surface area contributed by atoms with Gasteiger partial charge in [-0.15, -0.1) is 5.10 Å². The zero-order chi connectivity index (χ0) is 10.7. The number of rotatable bonds is 4. The number of nitrogens with zero attached hydrogens (tertiary/aromatic N) is 5. The second-order valence-corrected chi connectivity index (χ2v) is 3.45. The van der Waals surface area contributed by atoms with Gasteiger partial charge in [0.15, 0.2) is 0 Å². The Morgan fingerprint density at radius 1 is 1.33 bits per heavy atom. The van der Waals surface area contributed by atoms with Crippen molar-refractivity contribution in [2.45, 2.75) is 13.1 Å². The monoisotopic (exact) mass is 206 g/mol. The molecule has 2 aromatic heterocycles. The number of imidazole rings is 1. The van der Waals surface area contributed by atoms with Gasteiger partial charge in [-0.1, -0.05) is 5.21 Å². The van der Waals surface area contributed by atoms with Crippen LogP contribution in [0.5, 0.6) is 0 Å². The molecule has 1 N–H and O–H groups in total. The molecule has 0 atom stereocenters. The Labute approximate surface area is 87.9 Å². The molecular formula is C9H14N6. The van der Waals surface area contributed by atoms with Crippen molar-refractivity contribution in [1.29, 1.82) is 0 Å². The van der Waals surface area contributed by atoms with Crippen LogP contribution < -0.4 is 5.32 Å². The smallest absolute Gasteiger partial charge is 0.102 e. The van der Waals surface area contributed by atoms with Crippen molar-refractivity contribution >= 4 is 0 Å². The Kier molecular flexibility index (Phi) is 2.77. The first-order valence-corrected chi connectivity index (χ1v) is 4.78. The van der Waals surface area contributed by atoms with Crippen LogP contribution in [-0.2, 0) is 20.1 Å². The van der Waals surface area contributed by atoms with E-state index in [1.54, 1.807) is 11.0 Å². The van der Waals surface area contributed by atoms with Gasteiger partial charge in [-0.05, 0) is 7.05 Å². The Bertz CT molecular complexity index is 429. The van der Waals surface area contributed by atoms with E-state index in [4.69, 9.17) is 0 Å². The number of aryl methyl sites for hydroxylation is 1. The molecule has 0 spiro atoms. The molecule has 6 nitrogen and oxygen atoms in total. The molecule has 6 heteroatoms. The lowest BCUT2D eigenvalue weighted by Crippen LogP contribution is -2.05. The highest BCUT2D eigenvalue weighted by Gasteiger charge is 2.01. The Morgan fingerprint density at radius 2 is 2.20 bits per heavy atom. The SMILES string of the molecule is CNCc1cn(Cc2cn(C)nn2)cn1. The summed E-state index contributed by atoms with van der Waals surface area (Å²) in [5, 5.41) is 10.9. The van der Waals surface area contributed by atoms with E-state index in [1.165, 1.54) is 0 Å². The second-order valence-electron chi connectivity index (χ2n) is 3.45. The van der Waals surface area contributed by atoms with E-state index in [1.807, 2.05) is 31.1 Å². The summed E-state index contributed by atoms with van der Waals surface area (Å²) in [5.41, 5.74) is 1.97. The van der Waals surface area contributed by atoms with E-state index >= 15 is 0 Å². The van der Waals surface area contributed by atoms with Gasteiger partial charge in [0.1, 0.15) is 5.69 Å². The molecule has 0 fully saturated rings. The van der Waals surface area contributed by atoms with Gasteiger partial charge in [0.25, 0.3) is 0 Å². The molecule has 0 amide bonds. The molecule has 0 aliphatic heterocycles. The van der Waals surface area contributed by atoms with Crippen molar-refractivity contribution in [2.75, 3.05) is 7.05 Å². The normalized spacial score (nSPS) is 10.8. The molecule has 0 aliphatic rings. The average molecular weight is 206 g/mol. The summed E-state index contributed by atoms with van der Waals surface area (Å²) in [6.07, 6.45) is 5.71. The fourth-order valence-corrected chi connectivity index (χ4v) is 1.42. The first kappa shape index (κ1) is 9.85. The van der Waals surface area contributed by atoms with Gasteiger partial charge in [0.2, 0.25) is 0 Å². The Hall–Kier alpha value is -1.69. The maximum atomic E-state index is 4.25. The zero-order valence-electron chi connectivity index (χ0n) is 8.88. The minimum atomic E-state index is 0.713. The van der Waals surface area contributed by atoms with Crippen LogP contribution in [0.25, 0.3) is 0 Å². The van der Waals surface area contributed by atoms with Crippen molar-refractivity contribution in [2.24, 2.45) is 7.05 Å². The minimum absolute atomic E-state index is 0.713. The van der Waals surface area contributed by atoms with Crippen LogP contribution in [0.3, 0.4) is 0 Å². The lowest BCUT2D eigenvalue weighted by Gasteiger charge is -1.96. The van der Waals surface area contributed by atoms with Crippen molar-refractivity contribution in [3.05, 3.63) is 30.1 Å². The largest absolute Gasteiger partial charge is 0.331 e. The van der Waals surface area contributed by atoms with Gasteiger partial charge in [0, 0.05) is 26.0 Å². The van der Waals surface area contributed by atoms with E-state index < -0.39 is 0 Å². The fourth-order valence-electron chi connectivity index (χ4n) is 1.42. The van der Waals surface area contributed by atoms with E-state index in [2.05, 4.69) is 20.6 Å². The van der Waals surface area contributed by atoms with Gasteiger partial charge in [-0.25, -0.2) is 4.98 Å². The standard InChI is InChI=1S/C9H14N6/c1-10-3-8-5-15(7-11-8)6-9-4-14(2)13-12-9/h4-5,7,10H,3,6H2,1-2H3. The third kappa shape index (κ3) is 2.41. The van der Waals surface area contributed by atoms with Crippen LogP contribution in [0.1, 0.15) is 11.4 Å². The van der Waals surface area contributed by atoms with Crippen LogP contribution in [0, 0.1) is 0 Å². The molecule has 2 rings (SSSR count). The van der Waals surface area contributed by atoms with Crippen molar-refractivity contribution in [3.63, 3.8) is 0 Å². The first-order chi connectivity index (χ1) is 7.28. The molecule has 0 saturated heterocycles. The van der Waals surface area contributed by atoms with Gasteiger partial charge in [-0.3, -0.25) is 4.68 Å². The first-order valence-electron chi connectivity index (χ1n) is 4.78. The molecule has 0 unspecified atom stereocenters. The summed E-state index contributed by atoms with van der Waals surface area (Å²) < 4.78 is 3.69. The maximum absolute atomic E-state index is 4.25. The Morgan fingerprint density at radius 3 is 2.87 bits per heavy atom. The molecule has 0 aliphatic carbocycles. The van der Waals surface area contributed by atoms with Gasteiger partial charge >= 0.3 is 0 Å². The molecule has 0 bridgehead atoms. The highest BCUT2D eigenvalue weighted by Crippen LogP contribution is 2.00. The quantitative estimate of drug-likeness (QED) is 0.751. The van der Waals surface area contributed by atoms with Crippen LogP contribution in [0.15, 0.2) is 18.7 Å². The molecule has 80 valence electrons. The summed E-state index contributed by atoms with van der Waals surface area (Å²) in [4.78, 5) is 4.25. The molecular weight excluding hydrogens is 192 g/mol. The Balaban J connectivity index is 2.04. The van der Waals surface area contributed by atoms with Crippen LogP contribution >= 0.6 is 0 Å².